The van der Waals surface area contributed by atoms with Crippen LogP contribution in [0.15, 0.2) is 30.0 Å². The van der Waals surface area contributed by atoms with Gasteiger partial charge >= 0.3 is 6.03 Å². The molecular weight excluding hydrogens is 223 g/mol. The molecule has 2 rings (SSSR count). The van der Waals surface area contributed by atoms with Crippen LogP contribution in [0, 0.1) is 5.82 Å². The largest absolute Gasteiger partial charge is 0.328 e. The fourth-order valence-corrected chi connectivity index (χ4v) is 1.61. The Morgan fingerprint density at radius 2 is 2.06 bits per heavy atom. The number of carbonyl (C=O) groups excluding carboxylic acids is 2. The van der Waals surface area contributed by atoms with Crippen LogP contribution in [0.3, 0.4) is 0 Å². The van der Waals surface area contributed by atoms with E-state index in [-0.39, 0.29) is 11.3 Å². The SMILES string of the molecule is CCN1C(=O)N/C(=C/c2ccccc2F)C1=O. The maximum Gasteiger partial charge on any atom is 0.328 e. The number of likely N-dealkylation sites (N-methyl/N-ethyl adjacent to an activating group) is 1. The molecule has 0 radical (unpaired) electrons. The first kappa shape index (κ1) is 11.3. The number of amides is 3. The fraction of sp³-hybridized carbons (Fsp3) is 0.167. The van der Waals surface area contributed by atoms with Crippen LogP contribution < -0.4 is 5.32 Å². The van der Waals surface area contributed by atoms with E-state index in [1.807, 2.05) is 0 Å². The van der Waals surface area contributed by atoms with Gasteiger partial charge in [-0.25, -0.2) is 9.18 Å². The summed E-state index contributed by atoms with van der Waals surface area (Å²) in [5.74, 6) is -0.863. The molecule has 5 heteroatoms. The zero-order valence-electron chi connectivity index (χ0n) is 9.24. The summed E-state index contributed by atoms with van der Waals surface area (Å²) >= 11 is 0. The molecule has 0 aromatic heterocycles. The number of hydrogen-bond donors (Lipinski definition) is 1. The van der Waals surface area contributed by atoms with Gasteiger partial charge in [0, 0.05) is 12.1 Å². The minimum Gasteiger partial charge on any atom is -0.303 e. The maximum atomic E-state index is 13.4. The van der Waals surface area contributed by atoms with Gasteiger partial charge in [0.15, 0.2) is 0 Å². The van der Waals surface area contributed by atoms with Gasteiger partial charge in [-0.3, -0.25) is 9.69 Å². The molecular formula is C12H11FN2O2. The zero-order valence-corrected chi connectivity index (χ0v) is 9.24. The van der Waals surface area contributed by atoms with E-state index >= 15 is 0 Å². The first-order chi connectivity index (χ1) is 8.13. The predicted octanol–water partition coefficient (Wildman–Crippen LogP) is 1.74. The topological polar surface area (TPSA) is 49.4 Å². The van der Waals surface area contributed by atoms with Crippen molar-refractivity contribution in [3.63, 3.8) is 0 Å². The van der Waals surface area contributed by atoms with Crippen molar-refractivity contribution in [3.8, 4) is 0 Å². The summed E-state index contributed by atoms with van der Waals surface area (Å²) in [6.45, 7) is 1.99. The molecule has 1 aliphatic heterocycles. The number of carbonyl (C=O) groups is 2. The predicted molar refractivity (Wildman–Crippen MR) is 60.3 cm³/mol. The molecule has 88 valence electrons. The van der Waals surface area contributed by atoms with Gasteiger partial charge in [-0.2, -0.15) is 0 Å². The Morgan fingerprint density at radius 3 is 2.65 bits per heavy atom. The molecule has 4 nitrogen and oxygen atoms in total. The van der Waals surface area contributed by atoms with E-state index in [0.29, 0.717) is 6.54 Å². The summed E-state index contributed by atoms with van der Waals surface area (Å²) in [6, 6.07) is 5.58. The van der Waals surface area contributed by atoms with E-state index in [1.54, 1.807) is 19.1 Å². The highest BCUT2D eigenvalue weighted by atomic mass is 19.1. The van der Waals surface area contributed by atoms with Crippen LogP contribution in [0.2, 0.25) is 0 Å². The van der Waals surface area contributed by atoms with Crippen molar-refractivity contribution in [3.05, 3.63) is 41.3 Å². The van der Waals surface area contributed by atoms with Gasteiger partial charge in [0.1, 0.15) is 11.5 Å². The smallest absolute Gasteiger partial charge is 0.303 e. The summed E-state index contributed by atoms with van der Waals surface area (Å²) in [7, 11) is 0. The van der Waals surface area contributed by atoms with Crippen LogP contribution in [-0.2, 0) is 4.79 Å². The van der Waals surface area contributed by atoms with Crippen molar-refractivity contribution >= 4 is 18.0 Å². The van der Waals surface area contributed by atoms with Crippen LogP contribution in [0.25, 0.3) is 6.08 Å². The standard InChI is InChI=1S/C12H11FN2O2/c1-2-15-11(16)10(14-12(15)17)7-8-5-3-4-6-9(8)13/h3-7H,2H2,1H3,(H,14,17)/b10-7+. The molecule has 0 bridgehead atoms. The molecule has 1 aliphatic rings. The van der Waals surface area contributed by atoms with Gasteiger partial charge in [-0.1, -0.05) is 18.2 Å². The number of hydrogen-bond acceptors (Lipinski definition) is 2. The van der Waals surface area contributed by atoms with Gasteiger partial charge in [-0.05, 0) is 19.1 Å². The number of imide groups is 1. The Kier molecular flexibility index (Phi) is 2.91. The Labute approximate surface area is 97.7 Å². The van der Waals surface area contributed by atoms with E-state index < -0.39 is 17.8 Å². The second kappa shape index (κ2) is 4.37. The van der Waals surface area contributed by atoms with E-state index in [9.17, 15) is 14.0 Å². The van der Waals surface area contributed by atoms with Crippen LogP contribution in [0.5, 0.6) is 0 Å². The summed E-state index contributed by atoms with van der Waals surface area (Å²) in [5, 5.41) is 2.41. The van der Waals surface area contributed by atoms with Crippen LogP contribution in [-0.4, -0.2) is 23.4 Å². The van der Waals surface area contributed by atoms with Gasteiger partial charge in [-0.15, -0.1) is 0 Å². The monoisotopic (exact) mass is 234 g/mol. The zero-order chi connectivity index (χ0) is 12.4. The lowest BCUT2D eigenvalue weighted by atomic mass is 10.2. The third-order valence-electron chi connectivity index (χ3n) is 2.48. The van der Waals surface area contributed by atoms with Crippen molar-refractivity contribution in [2.45, 2.75) is 6.92 Å². The third kappa shape index (κ3) is 2.04. The third-order valence-corrected chi connectivity index (χ3v) is 2.48. The quantitative estimate of drug-likeness (QED) is 0.626. The normalized spacial score (nSPS) is 17.8. The highest BCUT2D eigenvalue weighted by molar-refractivity contribution is 6.13. The fourth-order valence-electron chi connectivity index (χ4n) is 1.61. The number of urea groups is 1. The number of benzene rings is 1. The molecule has 1 saturated heterocycles. The summed E-state index contributed by atoms with van der Waals surface area (Å²) in [6.07, 6.45) is 1.34. The van der Waals surface area contributed by atoms with E-state index in [1.165, 1.54) is 18.2 Å². The molecule has 0 unspecified atom stereocenters. The average molecular weight is 234 g/mol. The second-order valence-electron chi connectivity index (χ2n) is 3.56. The molecule has 1 aromatic rings. The van der Waals surface area contributed by atoms with Crippen molar-refractivity contribution in [1.29, 1.82) is 0 Å². The average Bonchev–Trinajstić information content (AvgIpc) is 2.57. The Morgan fingerprint density at radius 1 is 1.35 bits per heavy atom. The highest BCUT2D eigenvalue weighted by Crippen LogP contribution is 2.15. The van der Waals surface area contributed by atoms with Gasteiger partial charge in [0.05, 0.1) is 0 Å². The Hall–Kier alpha value is -2.17. The molecule has 1 heterocycles. The Balaban J connectivity index is 2.34. The van der Waals surface area contributed by atoms with Crippen molar-refractivity contribution in [1.82, 2.24) is 10.2 Å². The molecule has 0 aliphatic carbocycles. The van der Waals surface area contributed by atoms with Crippen molar-refractivity contribution in [2.24, 2.45) is 0 Å². The molecule has 17 heavy (non-hydrogen) atoms. The lowest BCUT2D eigenvalue weighted by Crippen LogP contribution is -2.30. The minimum atomic E-state index is -0.472. The van der Waals surface area contributed by atoms with E-state index in [2.05, 4.69) is 5.32 Å². The second-order valence-corrected chi connectivity index (χ2v) is 3.56. The summed E-state index contributed by atoms with van der Waals surface area (Å²) in [4.78, 5) is 24.1. The summed E-state index contributed by atoms with van der Waals surface area (Å²) < 4.78 is 13.4. The molecule has 1 aromatic carbocycles. The highest BCUT2D eigenvalue weighted by Gasteiger charge is 2.32. The van der Waals surface area contributed by atoms with Crippen molar-refractivity contribution < 1.29 is 14.0 Å². The number of nitrogens with zero attached hydrogens (tertiary/aromatic N) is 1. The van der Waals surface area contributed by atoms with E-state index in [4.69, 9.17) is 0 Å². The molecule has 1 N–H and O–H groups in total. The van der Waals surface area contributed by atoms with Crippen LogP contribution >= 0.6 is 0 Å². The molecule has 0 atom stereocenters. The first-order valence-electron chi connectivity index (χ1n) is 5.22. The van der Waals surface area contributed by atoms with Gasteiger partial charge < -0.3 is 5.32 Å². The lowest BCUT2D eigenvalue weighted by molar-refractivity contribution is -0.122. The lowest BCUT2D eigenvalue weighted by Gasteiger charge is -2.06. The van der Waals surface area contributed by atoms with Gasteiger partial charge in [0.25, 0.3) is 5.91 Å². The maximum absolute atomic E-state index is 13.4. The number of nitrogens with one attached hydrogen (secondary N) is 1. The molecule has 0 spiro atoms. The first-order valence-corrected chi connectivity index (χ1v) is 5.22. The Bertz CT molecular complexity index is 511. The van der Waals surface area contributed by atoms with Crippen molar-refractivity contribution in [2.75, 3.05) is 6.54 Å². The van der Waals surface area contributed by atoms with E-state index in [0.717, 1.165) is 4.90 Å². The minimum absolute atomic E-state index is 0.0990. The van der Waals surface area contributed by atoms with Gasteiger partial charge in [0.2, 0.25) is 0 Å². The number of rotatable bonds is 2. The molecule has 3 amide bonds. The number of halogens is 1. The molecule has 0 saturated carbocycles. The van der Waals surface area contributed by atoms with Crippen LogP contribution in [0.4, 0.5) is 9.18 Å². The van der Waals surface area contributed by atoms with Crippen LogP contribution in [0.1, 0.15) is 12.5 Å². The summed E-state index contributed by atoms with van der Waals surface area (Å²) in [5.41, 5.74) is 0.371. The molecule has 1 fully saturated rings.